The highest BCUT2D eigenvalue weighted by Crippen LogP contribution is 2.34. The standard InChI is InChI=1S/3C8H7ClO2.3C7H5ClO2.C6H3ClO2.7C2H6/c1-4-5(2)10-8-6(4)3-7(9)11-8;1-4-3-10-8-6(4)5(2)7(9)11-8;1-4-3-6-5(2)7(9)11-8(6)10-4;1-4-3-9-7-5(4)2-6(8)10-7;1-4-2-5-3-6(8)10-7(5)9-4;1-4-5-2-3-9-7(5)10-6(4)8;7-5-3-4-1-2-8-6(4)9-5;7*1-2/h3*3H,1-2H3;3*2-3H,1H3;1-3H;7*1-2H3. The third kappa shape index (κ3) is 21.0. The van der Waals surface area contributed by atoms with Gasteiger partial charge in [-0.25, -0.2) is 0 Å². The van der Waals surface area contributed by atoms with Crippen LogP contribution in [0, 0.1) is 62.3 Å². The summed E-state index contributed by atoms with van der Waals surface area (Å²) in [6.07, 6.45) is 6.45. The lowest BCUT2D eigenvalue weighted by Crippen LogP contribution is -1.67. The molecule has 0 saturated heterocycles. The molecule has 0 saturated carbocycles. The zero-order valence-corrected chi connectivity index (χ0v) is 58.6. The Morgan fingerprint density at radius 2 is 0.674 bits per heavy atom. The Bertz CT molecular complexity index is 3880. The van der Waals surface area contributed by atoms with Crippen LogP contribution in [-0.2, 0) is 0 Å². The van der Waals surface area contributed by atoms with Gasteiger partial charge in [-0.3, -0.25) is 0 Å². The number of aryl methyl sites for hydroxylation is 9. The van der Waals surface area contributed by atoms with E-state index in [4.69, 9.17) is 143 Å². The SMILES string of the molecule is CC.CC.CC.CC.CC.CC.CC.Cc1c(Cl)oc2occc12.Cc1cc2c(C)c(Cl)oc2o1.Cc1cc2cc(Cl)oc2o1.Cc1coc2oc(Cl)c(C)c12.Cc1coc2oc(Cl)cc12.Cc1oc2oc(Cl)cc2c1C.Clc1cc2ccoc2o1. The predicted octanol–water partition coefficient (Wildman–Crippen LogP) is 28.7. The molecule has 0 aromatic carbocycles. The number of hydrogen-bond acceptors (Lipinski definition) is 14. The van der Waals surface area contributed by atoms with Crippen LogP contribution in [0.1, 0.15) is 148 Å². The third-order valence-electron chi connectivity index (χ3n) is 10.7. The van der Waals surface area contributed by atoms with E-state index in [1.54, 1.807) is 55.4 Å². The molecule has 0 aliphatic carbocycles. The van der Waals surface area contributed by atoms with Crippen LogP contribution in [0.4, 0.5) is 0 Å². The summed E-state index contributed by atoms with van der Waals surface area (Å²) in [5.41, 5.74) is 6.03. The smallest absolute Gasteiger partial charge is 0.298 e. The van der Waals surface area contributed by atoms with Gasteiger partial charge >= 0.3 is 0 Å². The molecule has 14 heterocycles. The topological polar surface area (TPSA) is 184 Å². The van der Waals surface area contributed by atoms with Gasteiger partial charge in [-0.15, -0.1) is 0 Å². The first kappa shape index (κ1) is 77.8. The molecule has 14 nitrogen and oxygen atoms in total. The lowest BCUT2D eigenvalue weighted by Gasteiger charge is -1.83. The summed E-state index contributed by atoms with van der Waals surface area (Å²) >= 11 is 39.4. The molecule has 0 fully saturated rings. The number of fused-ring (bicyclic) bond motifs is 7. The fourth-order valence-corrected chi connectivity index (χ4v) is 8.12. The Morgan fingerprint density at radius 3 is 1.21 bits per heavy atom. The number of furan rings is 14. The van der Waals surface area contributed by atoms with Crippen molar-refractivity contribution in [3.05, 3.63) is 161 Å². The van der Waals surface area contributed by atoms with E-state index < -0.39 is 0 Å². The largest absolute Gasteiger partial charge is 0.433 e. The van der Waals surface area contributed by atoms with Gasteiger partial charge in [0.25, 0.3) is 40.5 Å². The lowest BCUT2D eigenvalue weighted by atomic mass is 10.2. The van der Waals surface area contributed by atoms with E-state index in [0.29, 0.717) is 77.0 Å². The van der Waals surface area contributed by atoms with Gasteiger partial charge in [0, 0.05) is 46.5 Å². The van der Waals surface area contributed by atoms with Crippen LogP contribution in [0.2, 0.25) is 36.5 Å². The molecule has 0 atom stereocenters. The number of halogens is 7. The van der Waals surface area contributed by atoms with Crippen LogP contribution < -0.4 is 0 Å². The van der Waals surface area contributed by atoms with Gasteiger partial charge in [0.2, 0.25) is 15.7 Å². The van der Waals surface area contributed by atoms with Crippen molar-refractivity contribution in [2.24, 2.45) is 0 Å². The molecule has 0 aliphatic heterocycles. The van der Waals surface area contributed by atoms with Crippen LogP contribution >= 0.6 is 81.2 Å². The van der Waals surface area contributed by atoms with Crippen molar-refractivity contribution in [2.45, 2.75) is 159 Å². The monoisotopic (exact) mass is 1330 g/mol. The van der Waals surface area contributed by atoms with Crippen molar-refractivity contribution in [3.8, 4) is 0 Å². The molecule has 0 bridgehead atoms. The van der Waals surface area contributed by atoms with Gasteiger partial charge < -0.3 is 61.8 Å². The van der Waals surface area contributed by atoms with Crippen molar-refractivity contribution in [2.75, 3.05) is 0 Å². The molecule has 21 heteroatoms. The first-order valence-electron chi connectivity index (χ1n) is 28.2. The Labute approximate surface area is 537 Å². The summed E-state index contributed by atoms with van der Waals surface area (Å²) in [4.78, 5) is 0. The summed E-state index contributed by atoms with van der Waals surface area (Å²) < 4.78 is 70.8. The van der Waals surface area contributed by atoms with Crippen LogP contribution in [0.3, 0.4) is 0 Å². The van der Waals surface area contributed by atoms with E-state index in [1.165, 1.54) is 0 Å². The van der Waals surface area contributed by atoms with Gasteiger partial charge in [-0.1, -0.05) is 96.9 Å². The van der Waals surface area contributed by atoms with E-state index in [0.717, 1.165) is 88.4 Å². The van der Waals surface area contributed by atoms with Crippen LogP contribution in [0.5, 0.6) is 0 Å². The molecule has 0 amide bonds. The van der Waals surface area contributed by atoms with Gasteiger partial charge in [0.1, 0.15) is 17.3 Å². The fourth-order valence-electron chi connectivity index (χ4n) is 6.88. The molecule has 0 N–H and O–H groups in total. The maximum atomic E-state index is 5.74. The second-order valence-electron chi connectivity index (χ2n) is 15.8. The molecule has 14 aromatic rings. The predicted molar refractivity (Wildman–Crippen MR) is 356 cm³/mol. The molecule has 86 heavy (non-hydrogen) atoms. The second kappa shape index (κ2) is 39.5. The maximum Gasteiger partial charge on any atom is 0.298 e. The summed E-state index contributed by atoms with van der Waals surface area (Å²) in [6.45, 7) is 45.2. The maximum absolute atomic E-state index is 5.74. The zero-order valence-electron chi connectivity index (χ0n) is 53.3. The Hall–Kier alpha value is -6.23. The molecule has 14 rings (SSSR count). The molecule has 0 aliphatic rings. The Kier molecular flexibility index (Phi) is 35.8. The summed E-state index contributed by atoms with van der Waals surface area (Å²) in [6, 6.07) is 14.4. The second-order valence-corrected chi connectivity index (χ2v) is 18.4. The molecule has 0 radical (unpaired) electrons. The molecule has 474 valence electrons. The van der Waals surface area contributed by atoms with E-state index >= 15 is 0 Å². The summed E-state index contributed by atoms with van der Waals surface area (Å²) in [5.74, 6) is 6.12. The van der Waals surface area contributed by atoms with Crippen molar-refractivity contribution in [1.29, 1.82) is 0 Å². The summed E-state index contributed by atoms with van der Waals surface area (Å²) in [7, 11) is 0. The molecule has 14 aromatic heterocycles. The quantitative estimate of drug-likeness (QED) is 0.140. The average Bonchev–Trinajstić information content (AvgIpc) is 3.40. The van der Waals surface area contributed by atoms with Crippen molar-refractivity contribution in [3.63, 3.8) is 0 Å². The van der Waals surface area contributed by atoms with Crippen LogP contribution in [0.15, 0.2) is 135 Å². The first-order valence-corrected chi connectivity index (χ1v) is 30.8. The first-order chi connectivity index (χ1) is 41.2. The Morgan fingerprint density at radius 1 is 0.279 bits per heavy atom. The Balaban J connectivity index is 0.000000485. The highest BCUT2D eigenvalue weighted by atomic mass is 35.5. The van der Waals surface area contributed by atoms with Gasteiger partial charge in [-0.05, 0) is 179 Å². The normalized spacial score (nSPS) is 9.74. The average molecular weight is 1330 g/mol. The van der Waals surface area contributed by atoms with Crippen molar-refractivity contribution < 1.29 is 61.8 Å². The minimum Gasteiger partial charge on any atom is -0.433 e. The number of hydrogen-bond donors (Lipinski definition) is 0. The molecule has 0 spiro atoms. The van der Waals surface area contributed by atoms with E-state index in [-0.39, 0.29) is 0 Å². The summed E-state index contributed by atoms with van der Waals surface area (Å²) in [5, 5.41) is 9.38. The fraction of sp³-hybridized carbons (Fsp3) is 0.354. The highest BCUT2D eigenvalue weighted by Gasteiger charge is 2.15. The molecular weight excluding hydrogens is 1250 g/mol. The third-order valence-corrected chi connectivity index (χ3v) is 12.5. The van der Waals surface area contributed by atoms with E-state index in [2.05, 4.69) is 0 Å². The van der Waals surface area contributed by atoms with E-state index in [1.807, 2.05) is 177 Å². The minimum atomic E-state index is 0.365. The van der Waals surface area contributed by atoms with Crippen LogP contribution in [-0.4, -0.2) is 0 Å². The van der Waals surface area contributed by atoms with Crippen molar-refractivity contribution in [1.82, 2.24) is 0 Å². The van der Waals surface area contributed by atoms with Gasteiger partial charge in [-0.2, -0.15) is 0 Å². The molecular formula is C65H81Cl7O14. The van der Waals surface area contributed by atoms with E-state index in [9.17, 15) is 0 Å². The minimum absolute atomic E-state index is 0.365. The van der Waals surface area contributed by atoms with Crippen molar-refractivity contribution >= 4 is 159 Å². The number of rotatable bonds is 0. The van der Waals surface area contributed by atoms with Gasteiger partial charge in [0.05, 0.1) is 62.8 Å². The highest BCUT2D eigenvalue weighted by molar-refractivity contribution is 6.32. The zero-order chi connectivity index (χ0) is 65.7. The lowest BCUT2D eigenvalue weighted by molar-refractivity contribution is 0.461. The van der Waals surface area contributed by atoms with Gasteiger partial charge in [0.15, 0.2) is 20.9 Å². The molecule has 0 unspecified atom stereocenters. The van der Waals surface area contributed by atoms with Crippen LogP contribution in [0.25, 0.3) is 78.2 Å².